The van der Waals surface area contributed by atoms with Crippen LogP contribution in [0.25, 0.3) is 11.6 Å². The normalized spacial score (nSPS) is 11.2. The zero-order valence-electron chi connectivity index (χ0n) is 14.7. The highest BCUT2D eigenvalue weighted by Crippen LogP contribution is 2.32. The molecule has 0 amide bonds. The van der Waals surface area contributed by atoms with E-state index in [1.807, 2.05) is 24.3 Å². The number of ether oxygens (including phenoxy) is 1. The number of hydrogen-bond acceptors (Lipinski definition) is 2. The summed E-state index contributed by atoms with van der Waals surface area (Å²) in [5.41, 5.74) is 2.49. The Bertz CT molecular complexity index is 1140. The van der Waals surface area contributed by atoms with Crippen molar-refractivity contribution in [3.8, 4) is 11.8 Å². The van der Waals surface area contributed by atoms with Gasteiger partial charge in [0.05, 0.1) is 16.7 Å². The van der Waals surface area contributed by atoms with E-state index in [2.05, 4.69) is 22.0 Å². The van der Waals surface area contributed by atoms with Crippen molar-refractivity contribution in [2.45, 2.75) is 6.61 Å². The molecule has 0 fully saturated rings. The first-order chi connectivity index (χ1) is 13.9. The van der Waals surface area contributed by atoms with E-state index in [4.69, 9.17) is 51.1 Å². The van der Waals surface area contributed by atoms with Gasteiger partial charge < -0.3 is 4.74 Å². The quantitative estimate of drug-likeness (QED) is 0.245. The number of benzene rings is 3. The maximum atomic E-state index is 9.67. The number of allylic oxidation sites excluding steroid dienone is 1. The molecule has 0 aliphatic heterocycles. The largest absolute Gasteiger partial charge is 0.488 e. The number of rotatable bonds is 5. The summed E-state index contributed by atoms with van der Waals surface area (Å²) in [7, 11) is 0. The molecular weight excluding hydrogens is 516 g/mol. The van der Waals surface area contributed by atoms with E-state index in [1.54, 1.807) is 36.4 Å². The second kappa shape index (κ2) is 9.89. The molecule has 3 aromatic rings. The maximum Gasteiger partial charge on any atom is 0.127 e. The Morgan fingerprint density at radius 1 is 0.931 bits per heavy atom. The molecule has 0 atom stereocenters. The Kier molecular flexibility index (Phi) is 7.51. The van der Waals surface area contributed by atoms with Gasteiger partial charge in [-0.05, 0) is 48.5 Å². The zero-order valence-corrected chi connectivity index (χ0v) is 19.3. The van der Waals surface area contributed by atoms with Crippen LogP contribution in [0.1, 0.15) is 16.7 Å². The van der Waals surface area contributed by atoms with Crippen molar-refractivity contribution in [2.24, 2.45) is 0 Å². The van der Waals surface area contributed by atoms with Gasteiger partial charge in [-0.1, -0.05) is 74.5 Å². The first kappa shape index (κ1) is 22.0. The summed E-state index contributed by atoms with van der Waals surface area (Å²) < 4.78 is 6.82. The Hall–Kier alpha value is -1.67. The molecule has 2 nitrogen and oxygen atoms in total. The summed E-state index contributed by atoms with van der Waals surface area (Å²) in [6, 6.07) is 18.0. The molecule has 146 valence electrons. The van der Waals surface area contributed by atoms with Crippen LogP contribution in [0.4, 0.5) is 0 Å². The van der Waals surface area contributed by atoms with Crippen LogP contribution in [0.2, 0.25) is 20.1 Å². The van der Waals surface area contributed by atoms with Crippen LogP contribution in [0.3, 0.4) is 0 Å². The Labute approximate surface area is 197 Å². The van der Waals surface area contributed by atoms with Crippen molar-refractivity contribution >= 4 is 74.0 Å². The predicted molar refractivity (Wildman–Crippen MR) is 125 cm³/mol. The molecule has 0 unspecified atom stereocenters. The molecule has 0 spiro atoms. The topological polar surface area (TPSA) is 33.0 Å². The van der Waals surface area contributed by atoms with Crippen LogP contribution in [0, 0.1) is 11.3 Å². The van der Waals surface area contributed by atoms with Gasteiger partial charge in [0.25, 0.3) is 0 Å². The minimum absolute atomic E-state index is 0.252. The number of nitriles is 1. The maximum absolute atomic E-state index is 9.67. The minimum Gasteiger partial charge on any atom is -0.488 e. The molecule has 0 bridgehead atoms. The van der Waals surface area contributed by atoms with Crippen molar-refractivity contribution in [2.75, 3.05) is 0 Å². The molecule has 0 aliphatic rings. The molecular formula is C22H12BrCl4NO. The lowest BCUT2D eigenvalue weighted by Crippen LogP contribution is -1.98. The van der Waals surface area contributed by atoms with Crippen molar-refractivity contribution < 1.29 is 4.74 Å². The molecule has 3 aromatic carbocycles. The standard InChI is InChI=1S/C22H12BrCl4NO/c23-16-2-6-22(29-12-13-1-3-17(24)9-20(13)26)14(8-16)7-15(11-28)19-5-4-18(25)10-21(19)27/h1-10H,12H2/b15-7+. The van der Waals surface area contributed by atoms with Crippen molar-refractivity contribution in [1.29, 1.82) is 5.26 Å². The molecule has 7 heteroatoms. The van der Waals surface area contributed by atoms with Crippen molar-refractivity contribution in [1.82, 2.24) is 0 Å². The second-order valence-corrected chi connectivity index (χ2v) is 8.60. The van der Waals surface area contributed by atoms with E-state index < -0.39 is 0 Å². The monoisotopic (exact) mass is 525 g/mol. The predicted octanol–water partition coefficient (Wildman–Crippen LogP) is 8.71. The summed E-state index contributed by atoms with van der Waals surface area (Å²) >= 11 is 27.9. The zero-order chi connectivity index (χ0) is 21.0. The van der Waals surface area contributed by atoms with E-state index in [0.717, 1.165) is 10.0 Å². The first-order valence-electron chi connectivity index (χ1n) is 8.31. The number of nitrogens with zero attached hydrogens (tertiary/aromatic N) is 1. The van der Waals surface area contributed by atoms with E-state index >= 15 is 0 Å². The molecule has 0 radical (unpaired) electrons. The van der Waals surface area contributed by atoms with E-state index in [0.29, 0.717) is 42.5 Å². The van der Waals surface area contributed by atoms with Crippen LogP contribution in [0.5, 0.6) is 5.75 Å². The van der Waals surface area contributed by atoms with Crippen LogP contribution in [-0.4, -0.2) is 0 Å². The smallest absolute Gasteiger partial charge is 0.127 e. The minimum atomic E-state index is 0.252. The lowest BCUT2D eigenvalue weighted by Gasteiger charge is -2.12. The van der Waals surface area contributed by atoms with Gasteiger partial charge in [0, 0.05) is 36.2 Å². The molecule has 0 saturated heterocycles. The Morgan fingerprint density at radius 3 is 2.28 bits per heavy atom. The fourth-order valence-electron chi connectivity index (χ4n) is 2.59. The van der Waals surface area contributed by atoms with Gasteiger partial charge in [-0.15, -0.1) is 0 Å². The molecule has 29 heavy (non-hydrogen) atoms. The number of halogens is 5. The van der Waals surface area contributed by atoms with Gasteiger partial charge in [0.15, 0.2) is 0 Å². The first-order valence-corrected chi connectivity index (χ1v) is 10.6. The van der Waals surface area contributed by atoms with Gasteiger partial charge >= 0.3 is 0 Å². The molecule has 0 N–H and O–H groups in total. The summed E-state index contributed by atoms with van der Waals surface area (Å²) in [5, 5.41) is 11.7. The highest BCUT2D eigenvalue weighted by Gasteiger charge is 2.11. The summed E-state index contributed by atoms with van der Waals surface area (Å²) in [4.78, 5) is 0. The van der Waals surface area contributed by atoms with Crippen LogP contribution in [0.15, 0.2) is 59.1 Å². The van der Waals surface area contributed by atoms with Crippen LogP contribution >= 0.6 is 62.3 Å². The van der Waals surface area contributed by atoms with E-state index in [9.17, 15) is 5.26 Å². The third-order valence-electron chi connectivity index (χ3n) is 4.01. The summed E-state index contributed by atoms with van der Waals surface area (Å²) in [5.74, 6) is 0.594. The van der Waals surface area contributed by atoms with Crippen molar-refractivity contribution in [3.05, 3.63) is 95.9 Å². The van der Waals surface area contributed by atoms with Crippen LogP contribution in [-0.2, 0) is 6.61 Å². The SMILES string of the molecule is N#C/C(=C\c1cc(Br)ccc1OCc1ccc(Cl)cc1Cl)c1ccc(Cl)cc1Cl. The fourth-order valence-corrected chi connectivity index (χ4v) is 3.94. The van der Waals surface area contributed by atoms with Gasteiger partial charge in [-0.25, -0.2) is 0 Å². The van der Waals surface area contributed by atoms with Crippen LogP contribution < -0.4 is 4.74 Å². The van der Waals surface area contributed by atoms with Crippen molar-refractivity contribution in [3.63, 3.8) is 0 Å². The molecule has 3 rings (SSSR count). The van der Waals surface area contributed by atoms with Gasteiger partial charge in [-0.2, -0.15) is 5.26 Å². The summed E-state index contributed by atoms with van der Waals surface area (Å²) in [6.45, 7) is 0.252. The molecule has 0 aromatic heterocycles. The average molecular weight is 528 g/mol. The fraction of sp³-hybridized carbons (Fsp3) is 0.0455. The second-order valence-electron chi connectivity index (χ2n) is 6.00. The molecule has 0 saturated carbocycles. The highest BCUT2D eigenvalue weighted by molar-refractivity contribution is 9.10. The Balaban J connectivity index is 1.95. The number of hydrogen-bond donors (Lipinski definition) is 0. The van der Waals surface area contributed by atoms with Gasteiger partial charge in [-0.3, -0.25) is 0 Å². The average Bonchev–Trinajstić information content (AvgIpc) is 2.67. The summed E-state index contributed by atoms with van der Waals surface area (Å²) in [6.07, 6.45) is 1.72. The molecule has 0 aliphatic carbocycles. The lowest BCUT2D eigenvalue weighted by molar-refractivity contribution is 0.305. The third-order valence-corrected chi connectivity index (χ3v) is 5.64. The third kappa shape index (κ3) is 5.69. The van der Waals surface area contributed by atoms with E-state index in [1.165, 1.54) is 0 Å². The highest BCUT2D eigenvalue weighted by atomic mass is 79.9. The Morgan fingerprint density at radius 2 is 1.62 bits per heavy atom. The lowest BCUT2D eigenvalue weighted by atomic mass is 10.0. The van der Waals surface area contributed by atoms with Gasteiger partial charge in [0.2, 0.25) is 0 Å². The van der Waals surface area contributed by atoms with Gasteiger partial charge in [0.1, 0.15) is 12.4 Å². The molecule has 0 heterocycles. The van der Waals surface area contributed by atoms with E-state index in [-0.39, 0.29) is 6.61 Å².